The van der Waals surface area contributed by atoms with E-state index < -0.39 is 5.97 Å². The first-order chi connectivity index (χ1) is 8.96. The number of dihydropyridines is 1. The number of hydrogen-bond donors (Lipinski definition) is 5. The summed E-state index contributed by atoms with van der Waals surface area (Å²) < 4.78 is 0. The molecule has 0 aromatic carbocycles. The quantitative estimate of drug-likeness (QED) is 0.350. The third-order valence-corrected chi connectivity index (χ3v) is 2.80. The number of nitrogens with zero attached hydrogens (tertiary/aromatic N) is 1. The predicted molar refractivity (Wildman–Crippen MR) is 69.8 cm³/mol. The van der Waals surface area contributed by atoms with E-state index in [9.17, 15) is 9.90 Å². The Hall–Kier alpha value is -2.46. The fraction of sp³-hybridized carbons (Fsp3) is 0.333. The third-order valence-electron chi connectivity index (χ3n) is 2.80. The van der Waals surface area contributed by atoms with Gasteiger partial charge in [-0.25, -0.2) is 4.79 Å². The molecule has 1 aliphatic heterocycles. The smallest absolute Gasteiger partial charge is 0.341 e. The van der Waals surface area contributed by atoms with Crippen LogP contribution in [0.2, 0.25) is 0 Å². The summed E-state index contributed by atoms with van der Waals surface area (Å²) in [6.45, 7) is 7.57. The van der Waals surface area contributed by atoms with Crippen molar-refractivity contribution in [1.82, 2.24) is 16.1 Å². The van der Waals surface area contributed by atoms with E-state index in [0.29, 0.717) is 5.70 Å². The lowest BCUT2D eigenvalue weighted by atomic mass is 10.0. The zero-order chi connectivity index (χ0) is 14.6. The number of carbonyl (C=O) groups is 1. The summed E-state index contributed by atoms with van der Waals surface area (Å²) in [7, 11) is 0. The molecule has 0 aromatic heterocycles. The molecule has 1 heterocycles. The lowest BCUT2D eigenvalue weighted by molar-refractivity contribution is -0.132. The van der Waals surface area contributed by atoms with Gasteiger partial charge in [0.1, 0.15) is 23.0 Å². The molecule has 0 spiro atoms. The van der Waals surface area contributed by atoms with E-state index in [1.54, 1.807) is 0 Å². The molecule has 1 atom stereocenters. The van der Waals surface area contributed by atoms with Crippen LogP contribution in [0, 0.1) is 11.3 Å². The first-order valence-electron chi connectivity index (χ1n) is 5.77. The molecule has 1 rings (SSSR count). The minimum Gasteiger partial charge on any atom is -0.477 e. The Bertz CT molecular complexity index is 513. The minimum atomic E-state index is -1.19. The number of hydrazine groups is 1. The number of carboxylic acid groups (broad SMARTS) is 1. The molecule has 0 amide bonds. The van der Waals surface area contributed by atoms with E-state index >= 15 is 0 Å². The number of nitrogens with one attached hydrogen (secondary N) is 3. The zero-order valence-corrected chi connectivity index (χ0v) is 10.9. The van der Waals surface area contributed by atoms with Crippen molar-refractivity contribution in [2.45, 2.75) is 26.3 Å². The second kappa shape index (κ2) is 5.93. The molecule has 0 saturated carbocycles. The minimum absolute atomic E-state index is 0.0459. The van der Waals surface area contributed by atoms with Gasteiger partial charge in [-0.15, -0.1) is 0 Å². The van der Waals surface area contributed by atoms with Crippen molar-refractivity contribution in [1.29, 1.82) is 5.26 Å². The summed E-state index contributed by atoms with van der Waals surface area (Å²) in [5.41, 5.74) is 2.58. The Morgan fingerprint density at radius 2 is 2.32 bits per heavy atom. The van der Waals surface area contributed by atoms with Gasteiger partial charge < -0.3 is 21.2 Å². The molecule has 7 heteroatoms. The van der Waals surface area contributed by atoms with E-state index in [1.807, 2.05) is 19.9 Å². The van der Waals surface area contributed by atoms with Crippen LogP contribution in [0.1, 0.15) is 20.3 Å². The molecule has 0 saturated heterocycles. The summed E-state index contributed by atoms with van der Waals surface area (Å²) in [6.07, 6.45) is 0.810. The predicted octanol–water partition coefficient (Wildman–Crippen LogP) is 0.0286. The molecule has 102 valence electrons. The van der Waals surface area contributed by atoms with Gasteiger partial charge in [0, 0.05) is 6.04 Å². The Balaban J connectivity index is 3.37. The number of nitriles is 1. The Labute approximate surface area is 111 Å². The summed E-state index contributed by atoms with van der Waals surface area (Å²) >= 11 is 0. The van der Waals surface area contributed by atoms with Crippen LogP contribution in [-0.4, -0.2) is 17.1 Å². The van der Waals surface area contributed by atoms with Crippen LogP contribution in [0.25, 0.3) is 0 Å². The van der Waals surface area contributed by atoms with Gasteiger partial charge in [-0.05, 0) is 13.3 Å². The van der Waals surface area contributed by atoms with Gasteiger partial charge >= 0.3 is 5.97 Å². The molecule has 1 aliphatic rings. The Morgan fingerprint density at radius 1 is 1.68 bits per heavy atom. The first kappa shape index (κ1) is 14.6. The fourth-order valence-electron chi connectivity index (χ4n) is 1.62. The van der Waals surface area contributed by atoms with Crippen LogP contribution in [0.15, 0.2) is 34.9 Å². The van der Waals surface area contributed by atoms with Crippen molar-refractivity contribution >= 4 is 5.97 Å². The summed E-state index contributed by atoms with van der Waals surface area (Å²) in [4.78, 5) is 11.4. The Kier molecular flexibility index (Phi) is 4.56. The molecule has 19 heavy (non-hydrogen) atoms. The molecule has 7 nitrogen and oxygen atoms in total. The molecule has 1 unspecified atom stereocenters. The van der Waals surface area contributed by atoms with Crippen LogP contribution in [0.5, 0.6) is 0 Å². The van der Waals surface area contributed by atoms with Gasteiger partial charge in [-0.2, -0.15) is 5.26 Å². The highest BCUT2D eigenvalue weighted by Gasteiger charge is 2.29. The highest BCUT2D eigenvalue weighted by Crippen LogP contribution is 2.23. The van der Waals surface area contributed by atoms with Crippen LogP contribution in [0.3, 0.4) is 0 Å². The van der Waals surface area contributed by atoms with Crippen molar-refractivity contribution in [3.05, 3.63) is 34.9 Å². The third kappa shape index (κ3) is 2.86. The van der Waals surface area contributed by atoms with E-state index in [-0.39, 0.29) is 28.7 Å². The van der Waals surface area contributed by atoms with Crippen LogP contribution < -0.4 is 21.9 Å². The monoisotopic (exact) mass is 263 g/mol. The number of aliphatic carboxylic acids is 1. The largest absolute Gasteiger partial charge is 0.477 e. The molecule has 0 bridgehead atoms. The molecule has 0 aromatic rings. The van der Waals surface area contributed by atoms with Gasteiger partial charge in [0.25, 0.3) is 0 Å². The van der Waals surface area contributed by atoms with Crippen molar-refractivity contribution in [2.75, 3.05) is 0 Å². The molecule has 0 fully saturated rings. The summed E-state index contributed by atoms with van der Waals surface area (Å²) in [5, 5.41) is 24.1. The van der Waals surface area contributed by atoms with Gasteiger partial charge in [-0.1, -0.05) is 13.5 Å². The van der Waals surface area contributed by atoms with E-state index in [4.69, 9.17) is 11.1 Å². The second-order valence-corrected chi connectivity index (χ2v) is 4.12. The number of allylic oxidation sites excluding steroid dienone is 1. The molecule has 0 radical (unpaired) electrons. The lowest BCUT2D eigenvalue weighted by Gasteiger charge is -2.27. The van der Waals surface area contributed by atoms with Gasteiger partial charge in [0.05, 0.1) is 11.4 Å². The summed E-state index contributed by atoms with van der Waals surface area (Å²) in [5.74, 6) is 4.42. The number of rotatable bonds is 5. The number of carboxylic acids is 1. The second-order valence-electron chi connectivity index (χ2n) is 4.12. The fourth-order valence-corrected chi connectivity index (χ4v) is 1.62. The van der Waals surface area contributed by atoms with Crippen LogP contribution >= 0.6 is 0 Å². The van der Waals surface area contributed by atoms with Crippen molar-refractivity contribution in [3.8, 4) is 6.07 Å². The summed E-state index contributed by atoms with van der Waals surface area (Å²) in [6, 6.07) is 1.94. The highest BCUT2D eigenvalue weighted by atomic mass is 16.4. The standard InChI is InChI=1S/C12H17N5O2/c1-4-6(2)15-11-9(12(18)19)10(17-14)8(5-13)7(3)16-11/h6,15-17H,3-4,14H2,1-2H3,(H,18,19). The van der Waals surface area contributed by atoms with Crippen molar-refractivity contribution < 1.29 is 9.90 Å². The van der Waals surface area contributed by atoms with Gasteiger partial charge in [0.2, 0.25) is 0 Å². The van der Waals surface area contributed by atoms with E-state index in [1.165, 1.54) is 0 Å². The highest BCUT2D eigenvalue weighted by molar-refractivity contribution is 5.94. The van der Waals surface area contributed by atoms with Crippen LogP contribution in [-0.2, 0) is 4.79 Å². The normalized spacial score (nSPS) is 16.6. The lowest BCUT2D eigenvalue weighted by Crippen LogP contribution is -2.41. The van der Waals surface area contributed by atoms with Crippen LogP contribution in [0.4, 0.5) is 0 Å². The molecular weight excluding hydrogens is 246 g/mol. The average Bonchev–Trinajstić information content (AvgIpc) is 2.37. The molecule has 0 aliphatic carbocycles. The van der Waals surface area contributed by atoms with E-state index in [2.05, 4.69) is 22.6 Å². The topological polar surface area (TPSA) is 123 Å². The zero-order valence-electron chi connectivity index (χ0n) is 10.9. The maximum Gasteiger partial charge on any atom is 0.341 e. The first-order valence-corrected chi connectivity index (χ1v) is 5.77. The van der Waals surface area contributed by atoms with Crippen molar-refractivity contribution in [3.63, 3.8) is 0 Å². The molecular formula is C12H17N5O2. The van der Waals surface area contributed by atoms with E-state index in [0.717, 1.165) is 6.42 Å². The maximum absolute atomic E-state index is 11.4. The number of hydrogen-bond acceptors (Lipinski definition) is 6. The average molecular weight is 263 g/mol. The van der Waals surface area contributed by atoms with Crippen molar-refractivity contribution in [2.24, 2.45) is 5.84 Å². The van der Waals surface area contributed by atoms with Gasteiger partial charge in [0.15, 0.2) is 0 Å². The van der Waals surface area contributed by atoms with Gasteiger partial charge in [-0.3, -0.25) is 5.84 Å². The SMILES string of the molecule is C=C1NC(NC(C)CC)=C(C(=O)O)C(NN)=C1C#N. The maximum atomic E-state index is 11.4. The number of nitrogens with two attached hydrogens (primary N) is 1. The Morgan fingerprint density at radius 3 is 2.74 bits per heavy atom. The molecule has 6 N–H and O–H groups in total.